The molecule has 0 radical (unpaired) electrons. The molecular formula is C6H14N2O2. The molecule has 60 valence electrons. The summed E-state index contributed by atoms with van der Waals surface area (Å²) in [5.41, 5.74) is 0. The van der Waals surface area contributed by atoms with E-state index in [1.54, 1.807) is 13.8 Å². The second kappa shape index (κ2) is 4.24. The highest BCUT2D eigenvalue weighted by Crippen LogP contribution is 1.94. The van der Waals surface area contributed by atoms with E-state index in [2.05, 4.69) is 0 Å². The van der Waals surface area contributed by atoms with Gasteiger partial charge in [-0.25, -0.2) is 5.84 Å². The Balaban J connectivity index is 3.81. The van der Waals surface area contributed by atoms with Crippen LogP contribution in [0, 0.1) is 0 Å². The maximum atomic E-state index is 10.8. The summed E-state index contributed by atoms with van der Waals surface area (Å²) in [5.74, 6) is 5.22. The van der Waals surface area contributed by atoms with Gasteiger partial charge in [-0.05, 0) is 6.92 Å². The Morgan fingerprint density at radius 3 is 2.60 bits per heavy atom. The van der Waals surface area contributed by atoms with Gasteiger partial charge in [0, 0.05) is 13.5 Å². The average Bonchev–Trinajstić information content (AvgIpc) is 2.00. The molecule has 10 heavy (non-hydrogen) atoms. The van der Waals surface area contributed by atoms with Gasteiger partial charge >= 0.3 is 0 Å². The van der Waals surface area contributed by atoms with Crippen molar-refractivity contribution >= 4 is 5.91 Å². The quantitative estimate of drug-likeness (QED) is 0.266. The molecule has 0 aromatic carbocycles. The van der Waals surface area contributed by atoms with Crippen molar-refractivity contribution in [3.05, 3.63) is 0 Å². The zero-order chi connectivity index (χ0) is 8.15. The molecule has 0 aliphatic rings. The van der Waals surface area contributed by atoms with Gasteiger partial charge in [0.25, 0.3) is 0 Å². The monoisotopic (exact) mass is 146 g/mol. The molecule has 0 aromatic rings. The predicted octanol–water partition coefficient (Wildman–Crippen LogP) is 0.0911. The zero-order valence-electron chi connectivity index (χ0n) is 6.63. The van der Waals surface area contributed by atoms with Gasteiger partial charge in [-0.2, -0.15) is 0 Å². The highest BCUT2D eigenvalue weighted by atomic mass is 16.5. The molecule has 0 saturated carbocycles. The molecule has 2 N–H and O–H groups in total. The van der Waals surface area contributed by atoms with Gasteiger partial charge in [0.05, 0.1) is 0 Å². The molecule has 4 heteroatoms. The third-order valence-corrected chi connectivity index (χ3v) is 1.32. The van der Waals surface area contributed by atoms with Crippen LogP contribution >= 0.6 is 0 Å². The van der Waals surface area contributed by atoms with E-state index in [-0.39, 0.29) is 12.1 Å². The van der Waals surface area contributed by atoms with Crippen LogP contribution in [0.5, 0.6) is 0 Å². The summed E-state index contributed by atoms with van der Waals surface area (Å²) in [6.07, 6.45) is 0.0666. The topological polar surface area (TPSA) is 55.6 Å². The highest BCUT2D eigenvalue weighted by Gasteiger charge is 2.12. The van der Waals surface area contributed by atoms with Crippen molar-refractivity contribution in [3.8, 4) is 0 Å². The lowest BCUT2D eigenvalue weighted by Crippen LogP contribution is -2.44. The third-order valence-electron chi connectivity index (χ3n) is 1.32. The summed E-state index contributed by atoms with van der Waals surface area (Å²) < 4.78 is 4.81. The van der Waals surface area contributed by atoms with Crippen molar-refractivity contribution in [2.24, 2.45) is 5.84 Å². The number of carbonyl (C=O) groups excluding carboxylic acids is 1. The van der Waals surface area contributed by atoms with Crippen LogP contribution in [0.1, 0.15) is 20.3 Å². The first-order valence-corrected chi connectivity index (χ1v) is 3.23. The van der Waals surface area contributed by atoms with E-state index < -0.39 is 0 Å². The van der Waals surface area contributed by atoms with E-state index >= 15 is 0 Å². The molecule has 0 bridgehead atoms. The lowest BCUT2D eigenvalue weighted by molar-refractivity contribution is -0.142. The lowest BCUT2D eigenvalue weighted by atomic mass is 10.4. The van der Waals surface area contributed by atoms with Crippen molar-refractivity contribution in [2.75, 3.05) is 7.11 Å². The fourth-order valence-electron chi connectivity index (χ4n) is 0.499. The Morgan fingerprint density at radius 2 is 2.30 bits per heavy atom. The third kappa shape index (κ3) is 2.33. The van der Waals surface area contributed by atoms with Gasteiger partial charge < -0.3 is 4.74 Å². The maximum absolute atomic E-state index is 10.8. The van der Waals surface area contributed by atoms with Gasteiger partial charge in [-0.1, -0.05) is 6.92 Å². The molecule has 0 rings (SSSR count). The summed E-state index contributed by atoms with van der Waals surface area (Å²) in [6.45, 7) is 3.47. The van der Waals surface area contributed by atoms with Gasteiger partial charge in [-0.15, -0.1) is 0 Å². The first-order valence-electron chi connectivity index (χ1n) is 3.23. The van der Waals surface area contributed by atoms with Crippen LogP contribution in [-0.2, 0) is 9.53 Å². The van der Waals surface area contributed by atoms with Crippen LogP contribution < -0.4 is 5.84 Å². The van der Waals surface area contributed by atoms with Crippen LogP contribution in [0.3, 0.4) is 0 Å². The van der Waals surface area contributed by atoms with Gasteiger partial charge in [-0.3, -0.25) is 9.80 Å². The Labute approximate surface area is 60.9 Å². The van der Waals surface area contributed by atoms with E-state index in [0.717, 1.165) is 5.01 Å². The number of ether oxygens (including phenoxy) is 1. The Bertz CT molecular complexity index is 116. The number of hydrogen-bond donors (Lipinski definition) is 1. The summed E-state index contributed by atoms with van der Waals surface area (Å²) >= 11 is 0. The van der Waals surface area contributed by atoms with E-state index in [0.29, 0.717) is 6.42 Å². The maximum Gasteiger partial charge on any atom is 0.238 e. The zero-order valence-corrected chi connectivity index (χ0v) is 6.63. The van der Waals surface area contributed by atoms with Crippen molar-refractivity contribution < 1.29 is 9.53 Å². The van der Waals surface area contributed by atoms with Crippen LogP contribution in [0.2, 0.25) is 0 Å². The minimum absolute atomic E-state index is 0.116. The summed E-state index contributed by atoms with van der Waals surface area (Å²) in [5, 5.41) is 1.08. The van der Waals surface area contributed by atoms with E-state index in [9.17, 15) is 4.79 Å². The Morgan fingerprint density at radius 1 is 1.80 bits per heavy atom. The molecule has 4 nitrogen and oxygen atoms in total. The second-order valence-corrected chi connectivity index (χ2v) is 1.99. The minimum atomic E-state index is -0.340. The first kappa shape index (κ1) is 9.39. The van der Waals surface area contributed by atoms with Crippen molar-refractivity contribution in [2.45, 2.75) is 26.5 Å². The summed E-state index contributed by atoms with van der Waals surface area (Å²) in [4.78, 5) is 10.8. The van der Waals surface area contributed by atoms with E-state index in [1.807, 2.05) is 0 Å². The van der Waals surface area contributed by atoms with Crippen LogP contribution in [0.25, 0.3) is 0 Å². The number of hydrogen-bond acceptors (Lipinski definition) is 3. The molecule has 1 amide bonds. The number of hydrazine groups is 1. The standard InChI is InChI=1S/C6H14N2O2/c1-4-6(9)8(7)5(2)10-3/h5H,4,7H2,1-3H3. The number of carbonyl (C=O) groups is 1. The molecule has 1 atom stereocenters. The average molecular weight is 146 g/mol. The summed E-state index contributed by atoms with van der Waals surface area (Å²) in [6, 6.07) is 0. The van der Waals surface area contributed by atoms with Crippen LogP contribution in [0.4, 0.5) is 0 Å². The Kier molecular flexibility index (Phi) is 3.99. The van der Waals surface area contributed by atoms with E-state index in [1.165, 1.54) is 7.11 Å². The van der Waals surface area contributed by atoms with Gasteiger partial charge in [0.1, 0.15) is 6.23 Å². The number of rotatable bonds is 3. The smallest absolute Gasteiger partial charge is 0.238 e. The molecule has 0 spiro atoms. The van der Waals surface area contributed by atoms with Crippen molar-refractivity contribution in [1.82, 2.24) is 5.01 Å². The second-order valence-electron chi connectivity index (χ2n) is 1.99. The van der Waals surface area contributed by atoms with E-state index in [4.69, 9.17) is 10.6 Å². The minimum Gasteiger partial charge on any atom is -0.360 e. The number of nitrogens with zero attached hydrogens (tertiary/aromatic N) is 1. The SMILES string of the molecule is CCC(=O)N(N)C(C)OC. The molecule has 0 saturated heterocycles. The van der Waals surface area contributed by atoms with Crippen LogP contribution in [0.15, 0.2) is 0 Å². The predicted molar refractivity (Wildman–Crippen MR) is 37.8 cm³/mol. The highest BCUT2D eigenvalue weighted by molar-refractivity contribution is 5.75. The molecule has 0 aliphatic carbocycles. The first-order chi connectivity index (χ1) is 4.63. The fraction of sp³-hybridized carbons (Fsp3) is 0.833. The lowest BCUT2D eigenvalue weighted by Gasteiger charge is -2.21. The number of nitrogens with two attached hydrogens (primary N) is 1. The Hall–Kier alpha value is -0.610. The van der Waals surface area contributed by atoms with Gasteiger partial charge in [0.15, 0.2) is 0 Å². The van der Waals surface area contributed by atoms with Crippen molar-refractivity contribution in [1.29, 1.82) is 0 Å². The molecule has 0 aliphatic heterocycles. The molecule has 0 fully saturated rings. The largest absolute Gasteiger partial charge is 0.360 e. The molecule has 1 unspecified atom stereocenters. The van der Waals surface area contributed by atoms with Crippen LogP contribution in [-0.4, -0.2) is 24.3 Å². The molecule has 0 aromatic heterocycles. The summed E-state index contributed by atoms with van der Waals surface area (Å²) in [7, 11) is 1.51. The normalized spacial score (nSPS) is 12.8. The molecule has 0 heterocycles. The fourth-order valence-corrected chi connectivity index (χ4v) is 0.499. The van der Waals surface area contributed by atoms with Crippen molar-refractivity contribution in [3.63, 3.8) is 0 Å². The molecular weight excluding hydrogens is 132 g/mol. The number of amides is 1. The number of methoxy groups -OCH3 is 1. The van der Waals surface area contributed by atoms with Gasteiger partial charge in [0.2, 0.25) is 5.91 Å².